The van der Waals surface area contributed by atoms with Crippen LogP contribution in [0.3, 0.4) is 0 Å². The van der Waals surface area contributed by atoms with Crippen molar-refractivity contribution in [1.82, 2.24) is 4.98 Å². The van der Waals surface area contributed by atoms with Crippen molar-refractivity contribution in [1.29, 1.82) is 0 Å². The van der Waals surface area contributed by atoms with Gasteiger partial charge in [-0.2, -0.15) is 12.8 Å². The second-order valence-corrected chi connectivity index (χ2v) is 6.74. The summed E-state index contributed by atoms with van der Waals surface area (Å²) in [5, 5.41) is 0.835. The van der Waals surface area contributed by atoms with Gasteiger partial charge in [0.15, 0.2) is 0 Å². The van der Waals surface area contributed by atoms with Gasteiger partial charge in [0.2, 0.25) is 0 Å². The van der Waals surface area contributed by atoms with Crippen molar-refractivity contribution in [3.05, 3.63) is 66.4 Å². The molecule has 1 aromatic heterocycles. The van der Waals surface area contributed by atoms with Crippen LogP contribution in [0.2, 0.25) is 0 Å². The van der Waals surface area contributed by atoms with E-state index in [1.165, 1.54) is 12.1 Å². The molecular formula is C16H15N3O2S. The highest BCUT2D eigenvalue weighted by Gasteiger charge is 2.25. The third kappa shape index (κ3) is 2.32. The molecule has 22 heavy (non-hydrogen) atoms. The summed E-state index contributed by atoms with van der Waals surface area (Å²) in [5.41, 5.74) is 1.69. The van der Waals surface area contributed by atoms with Gasteiger partial charge < -0.3 is 0 Å². The van der Waals surface area contributed by atoms with Crippen LogP contribution in [0.5, 0.6) is 0 Å². The molecule has 0 saturated carbocycles. The van der Waals surface area contributed by atoms with Crippen molar-refractivity contribution < 1.29 is 8.42 Å². The largest absolute Gasteiger partial charge is 0.277 e. The Labute approximate surface area is 129 Å². The Morgan fingerprint density at radius 3 is 2.45 bits per heavy atom. The lowest BCUT2D eigenvalue weighted by Gasteiger charge is -2.21. The molecule has 2 aromatic carbocycles. The summed E-state index contributed by atoms with van der Waals surface area (Å²) in [6, 6.07) is 15.5. The summed E-state index contributed by atoms with van der Waals surface area (Å²) in [7, 11) is -3.83. The van der Waals surface area contributed by atoms with Crippen LogP contribution in [0.15, 0.2) is 65.7 Å². The lowest BCUT2D eigenvalue weighted by atomic mass is 10.1. The van der Waals surface area contributed by atoms with Crippen LogP contribution in [-0.4, -0.2) is 13.4 Å². The maximum Gasteiger partial charge on any atom is 0.277 e. The SMILES string of the molecule is Cc1ccc2cccnc2c1N(N)S(=O)(=O)c1ccccc1. The second-order valence-electron chi connectivity index (χ2n) is 4.92. The molecule has 0 spiro atoms. The average molecular weight is 313 g/mol. The topological polar surface area (TPSA) is 76.3 Å². The molecule has 0 atom stereocenters. The van der Waals surface area contributed by atoms with Gasteiger partial charge in [-0.1, -0.05) is 36.4 Å². The number of hydrazine groups is 1. The minimum Gasteiger partial charge on any atom is -0.254 e. The van der Waals surface area contributed by atoms with Crippen molar-refractivity contribution in [3.8, 4) is 0 Å². The predicted octanol–water partition coefficient (Wildman–Crippen LogP) is 2.61. The molecule has 0 bridgehead atoms. The van der Waals surface area contributed by atoms with Gasteiger partial charge in [0.05, 0.1) is 16.1 Å². The molecule has 0 fully saturated rings. The Hall–Kier alpha value is -2.44. The normalized spacial score (nSPS) is 11.5. The fourth-order valence-corrected chi connectivity index (χ4v) is 3.53. The highest BCUT2D eigenvalue weighted by molar-refractivity contribution is 7.92. The van der Waals surface area contributed by atoms with Gasteiger partial charge in [-0.05, 0) is 30.7 Å². The predicted molar refractivity (Wildman–Crippen MR) is 86.8 cm³/mol. The maximum absolute atomic E-state index is 12.7. The molecule has 2 N–H and O–H groups in total. The van der Waals surface area contributed by atoms with Crippen LogP contribution in [0.1, 0.15) is 5.56 Å². The summed E-state index contributed by atoms with van der Waals surface area (Å²) in [5.74, 6) is 5.98. The molecule has 112 valence electrons. The molecule has 6 heteroatoms. The third-order valence-corrected chi connectivity index (χ3v) is 5.04. The van der Waals surface area contributed by atoms with Gasteiger partial charge in [-0.15, -0.1) is 0 Å². The number of nitrogens with zero attached hydrogens (tertiary/aromatic N) is 2. The van der Waals surface area contributed by atoms with Crippen molar-refractivity contribution in [3.63, 3.8) is 0 Å². The van der Waals surface area contributed by atoms with E-state index in [1.807, 2.05) is 25.1 Å². The summed E-state index contributed by atoms with van der Waals surface area (Å²) >= 11 is 0. The van der Waals surface area contributed by atoms with E-state index in [4.69, 9.17) is 5.84 Å². The smallest absolute Gasteiger partial charge is 0.254 e. The van der Waals surface area contributed by atoms with Crippen LogP contribution in [0.4, 0.5) is 5.69 Å². The van der Waals surface area contributed by atoms with E-state index in [9.17, 15) is 8.42 Å². The molecular weight excluding hydrogens is 298 g/mol. The number of anilines is 1. The molecule has 3 rings (SSSR count). The first-order valence-corrected chi connectivity index (χ1v) is 8.15. The fraction of sp³-hybridized carbons (Fsp3) is 0.0625. The Morgan fingerprint density at radius 1 is 1.00 bits per heavy atom. The van der Waals surface area contributed by atoms with Crippen molar-refractivity contribution >= 4 is 26.6 Å². The number of hydrogen-bond acceptors (Lipinski definition) is 4. The summed E-state index contributed by atoms with van der Waals surface area (Å²) in [6.07, 6.45) is 1.62. The van der Waals surface area contributed by atoms with Crippen LogP contribution in [0, 0.1) is 6.92 Å². The van der Waals surface area contributed by atoms with Crippen LogP contribution >= 0.6 is 0 Å². The van der Waals surface area contributed by atoms with E-state index in [0.717, 1.165) is 15.4 Å². The van der Waals surface area contributed by atoms with Gasteiger partial charge in [0.25, 0.3) is 10.0 Å². The summed E-state index contributed by atoms with van der Waals surface area (Å²) in [4.78, 5) is 4.43. The Balaban J connectivity index is 2.21. The number of aromatic nitrogens is 1. The van der Waals surface area contributed by atoms with E-state index in [2.05, 4.69) is 4.98 Å². The number of benzene rings is 2. The first-order valence-electron chi connectivity index (χ1n) is 6.71. The van der Waals surface area contributed by atoms with Gasteiger partial charge in [-0.3, -0.25) is 4.98 Å². The van der Waals surface area contributed by atoms with E-state index in [0.29, 0.717) is 11.2 Å². The molecule has 0 amide bonds. The Morgan fingerprint density at radius 2 is 1.73 bits per heavy atom. The lowest BCUT2D eigenvalue weighted by Crippen LogP contribution is -2.38. The van der Waals surface area contributed by atoms with E-state index in [1.54, 1.807) is 30.5 Å². The first-order chi connectivity index (χ1) is 10.5. The maximum atomic E-state index is 12.7. The number of pyridine rings is 1. The first kappa shape index (κ1) is 14.5. The molecule has 0 unspecified atom stereocenters. The summed E-state index contributed by atoms with van der Waals surface area (Å²) in [6.45, 7) is 1.81. The molecule has 5 nitrogen and oxygen atoms in total. The van der Waals surface area contributed by atoms with E-state index >= 15 is 0 Å². The number of fused-ring (bicyclic) bond motifs is 1. The van der Waals surface area contributed by atoms with Crippen molar-refractivity contribution in [2.45, 2.75) is 11.8 Å². The minimum absolute atomic E-state index is 0.143. The number of aryl methyl sites for hydroxylation is 1. The quantitative estimate of drug-likeness (QED) is 0.595. The minimum atomic E-state index is -3.83. The molecule has 0 saturated heterocycles. The summed E-state index contributed by atoms with van der Waals surface area (Å²) < 4.78 is 26.2. The van der Waals surface area contributed by atoms with E-state index < -0.39 is 10.0 Å². The van der Waals surface area contributed by atoms with Gasteiger partial charge in [0.1, 0.15) is 0 Å². The molecule has 3 aromatic rings. The molecule has 0 radical (unpaired) electrons. The van der Waals surface area contributed by atoms with Crippen LogP contribution in [0.25, 0.3) is 10.9 Å². The fourth-order valence-electron chi connectivity index (χ4n) is 2.33. The third-order valence-electron chi connectivity index (χ3n) is 3.47. The Bertz CT molecular complexity index is 925. The lowest BCUT2D eigenvalue weighted by molar-refractivity contribution is 0.592. The highest BCUT2D eigenvalue weighted by atomic mass is 32.2. The zero-order chi connectivity index (χ0) is 15.7. The highest BCUT2D eigenvalue weighted by Crippen LogP contribution is 2.30. The molecule has 0 aliphatic carbocycles. The Kier molecular flexibility index (Phi) is 3.56. The van der Waals surface area contributed by atoms with Gasteiger partial charge in [0, 0.05) is 11.6 Å². The number of nitrogens with two attached hydrogens (primary N) is 1. The molecule has 1 heterocycles. The molecule has 0 aliphatic heterocycles. The standard InChI is InChI=1S/C16H15N3O2S/c1-12-9-10-13-6-5-11-18-15(13)16(12)19(17)22(20,21)14-7-3-2-4-8-14/h2-11H,17H2,1H3. The van der Waals surface area contributed by atoms with Crippen LogP contribution in [-0.2, 0) is 10.0 Å². The number of sulfonamides is 1. The molecule has 0 aliphatic rings. The average Bonchev–Trinajstić information content (AvgIpc) is 2.55. The monoisotopic (exact) mass is 313 g/mol. The van der Waals surface area contributed by atoms with Gasteiger partial charge >= 0.3 is 0 Å². The number of hydrogen-bond donors (Lipinski definition) is 1. The van der Waals surface area contributed by atoms with Crippen molar-refractivity contribution in [2.75, 3.05) is 4.41 Å². The second kappa shape index (κ2) is 5.40. The van der Waals surface area contributed by atoms with E-state index in [-0.39, 0.29) is 4.90 Å². The van der Waals surface area contributed by atoms with Gasteiger partial charge in [-0.25, -0.2) is 5.84 Å². The zero-order valence-electron chi connectivity index (χ0n) is 12.0. The number of rotatable bonds is 3. The zero-order valence-corrected chi connectivity index (χ0v) is 12.8. The van der Waals surface area contributed by atoms with Crippen LogP contribution < -0.4 is 10.3 Å². The van der Waals surface area contributed by atoms with Crippen molar-refractivity contribution in [2.24, 2.45) is 5.84 Å².